The summed E-state index contributed by atoms with van der Waals surface area (Å²) in [6, 6.07) is 7.23. The average Bonchev–Trinajstić information content (AvgIpc) is 2.88. The second-order valence-electron chi connectivity index (χ2n) is 7.02. The number of hydrogen-bond donors (Lipinski definition) is 2. The molecule has 2 unspecified atom stereocenters. The van der Waals surface area contributed by atoms with Crippen molar-refractivity contribution < 1.29 is 14.4 Å². The van der Waals surface area contributed by atoms with Gasteiger partial charge in [-0.25, -0.2) is 0 Å². The lowest BCUT2D eigenvalue weighted by atomic mass is 9.74. The van der Waals surface area contributed by atoms with Crippen LogP contribution in [0, 0.1) is 5.92 Å². The standard InChI is InChI=1S/C18H23N3O3S/c1-18(19)9-3-2-4-14(18)16(23)20-13-7-5-12(6-8-13)10-21-15(22)11-25-17(21)24/h5-8,14H,2-4,9-11,19H2,1H3,(H,20,23). The predicted molar refractivity (Wildman–Crippen MR) is 98.0 cm³/mol. The van der Waals surface area contributed by atoms with Gasteiger partial charge >= 0.3 is 0 Å². The van der Waals surface area contributed by atoms with Crippen molar-refractivity contribution in [1.82, 2.24) is 4.90 Å². The molecule has 134 valence electrons. The van der Waals surface area contributed by atoms with Gasteiger partial charge in [0.2, 0.25) is 11.8 Å². The van der Waals surface area contributed by atoms with Crippen LogP contribution < -0.4 is 11.1 Å². The van der Waals surface area contributed by atoms with Crippen LogP contribution in [0.15, 0.2) is 24.3 Å². The molecule has 0 aromatic heterocycles. The maximum Gasteiger partial charge on any atom is 0.289 e. The second-order valence-corrected chi connectivity index (χ2v) is 7.95. The Morgan fingerprint density at radius 1 is 1.32 bits per heavy atom. The van der Waals surface area contributed by atoms with Gasteiger partial charge in [-0.2, -0.15) is 0 Å². The normalized spacial score (nSPS) is 26.8. The SMILES string of the molecule is CC1(N)CCCCC1C(=O)Nc1ccc(CN2C(=O)CSC2=O)cc1. The molecule has 1 heterocycles. The molecule has 6 nitrogen and oxygen atoms in total. The molecule has 3 amide bonds. The highest BCUT2D eigenvalue weighted by Gasteiger charge is 2.37. The molecule has 1 aliphatic heterocycles. The number of nitrogens with one attached hydrogen (secondary N) is 1. The lowest BCUT2D eigenvalue weighted by Gasteiger charge is -2.37. The van der Waals surface area contributed by atoms with Gasteiger partial charge in [0.25, 0.3) is 5.24 Å². The number of rotatable bonds is 4. The number of anilines is 1. The van der Waals surface area contributed by atoms with Crippen molar-refractivity contribution in [1.29, 1.82) is 0 Å². The molecule has 1 aliphatic carbocycles. The van der Waals surface area contributed by atoms with Crippen LogP contribution in [0.4, 0.5) is 10.5 Å². The Hall–Kier alpha value is -1.86. The number of amides is 3. The van der Waals surface area contributed by atoms with Gasteiger partial charge in [-0.3, -0.25) is 19.3 Å². The van der Waals surface area contributed by atoms with Crippen LogP contribution in [0.1, 0.15) is 38.2 Å². The number of thioether (sulfide) groups is 1. The molecular weight excluding hydrogens is 338 g/mol. The van der Waals surface area contributed by atoms with Gasteiger partial charge in [-0.1, -0.05) is 36.7 Å². The number of carbonyl (C=O) groups is 3. The minimum atomic E-state index is -0.462. The van der Waals surface area contributed by atoms with E-state index in [0.29, 0.717) is 5.69 Å². The molecule has 2 fully saturated rings. The Kier molecular flexibility index (Phi) is 5.15. The van der Waals surface area contributed by atoms with Gasteiger partial charge in [0.1, 0.15) is 0 Å². The Morgan fingerprint density at radius 2 is 2.04 bits per heavy atom. The molecule has 1 aromatic carbocycles. The fourth-order valence-corrected chi connectivity index (χ4v) is 4.15. The monoisotopic (exact) mass is 361 g/mol. The molecule has 2 aliphatic rings. The first-order valence-electron chi connectivity index (χ1n) is 8.52. The molecule has 2 atom stereocenters. The highest BCUT2D eigenvalue weighted by Crippen LogP contribution is 2.32. The maximum absolute atomic E-state index is 12.5. The van der Waals surface area contributed by atoms with Crippen LogP contribution in [0.2, 0.25) is 0 Å². The molecular formula is C18H23N3O3S. The fourth-order valence-electron chi connectivity index (χ4n) is 3.43. The van der Waals surface area contributed by atoms with Gasteiger partial charge in [-0.15, -0.1) is 0 Å². The number of imide groups is 1. The molecule has 0 radical (unpaired) electrons. The van der Waals surface area contributed by atoms with E-state index in [9.17, 15) is 14.4 Å². The third-order valence-electron chi connectivity index (χ3n) is 4.97. The van der Waals surface area contributed by atoms with E-state index in [1.807, 2.05) is 19.1 Å². The minimum absolute atomic E-state index is 0.0428. The van der Waals surface area contributed by atoms with Crippen molar-refractivity contribution in [3.8, 4) is 0 Å². The molecule has 25 heavy (non-hydrogen) atoms. The van der Waals surface area contributed by atoms with Crippen LogP contribution in [0.25, 0.3) is 0 Å². The van der Waals surface area contributed by atoms with Crippen LogP contribution in [0.3, 0.4) is 0 Å². The Labute approximate surface area is 151 Å². The van der Waals surface area contributed by atoms with Crippen molar-refractivity contribution in [3.63, 3.8) is 0 Å². The van der Waals surface area contributed by atoms with Gasteiger partial charge in [0.05, 0.1) is 18.2 Å². The van der Waals surface area contributed by atoms with E-state index < -0.39 is 5.54 Å². The van der Waals surface area contributed by atoms with E-state index in [1.54, 1.807) is 12.1 Å². The first-order valence-corrected chi connectivity index (χ1v) is 9.51. The summed E-state index contributed by atoms with van der Waals surface area (Å²) in [5.41, 5.74) is 7.37. The summed E-state index contributed by atoms with van der Waals surface area (Å²) in [6.45, 7) is 2.21. The number of nitrogens with zero attached hydrogens (tertiary/aromatic N) is 1. The van der Waals surface area contributed by atoms with Crippen LogP contribution in [0.5, 0.6) is 0 Å². The number of carbonyl (C=O) groups excluding carboxylic acids is 3. The molecule has 1 saturated heterocycles. The number of benzene rings is 1. The fraction of sp³-hybridized carbons (Fsp3) is 0.500. The van der Waals surface area contributed by atoms with Crippen molar-refractivity contribution in [2.75, 3.05) is 11.1 Å². The van der Waals surface area contributed by atoms with Crippen molar-refractivity contribution in [2.45, 2.75) is 44.7 Å². The van der Waals surface area contributed by atoms with Crippen LogP contribution in [-0.4, -0.2) is 33.2 Å². The number of nitrogens with two attached hydrogens (primary N) is 1. The minimum Gasteiger partial charge on any atom is -0.326 e. The van der Waals surface area contributed by atoms with Crippen LogP contribution >= 0.6 is 11.8 Å². The van der Waals surface area contributed by atoms with Crippen LogP contribution in [-0.2, 0) is 16.1 Å². The van der Waals surface area contributed by atoms with Crippen molar-refractivity contribution in [3.05, 3.63) is 29.8 Å². The summed E-state index contributed by atoms with van der Waals surface area (Å²) in [5, 5.41) is 2.73. The lowest BCUT2D eigenvalue weighted by molar-refractivity contribution is -0.125. The Bertz CT molecular complexity index is 671. The maximum atomic E-state index is 12.5. The first-order chi connectivity index (χ1) is 11.9. The molecule has 1 saturated carbocycles. The van der Waals surface area contributed by atoms with Crippen molar-refractivity contribution >= 4 is 34.5 Å². The molecule has 3 N–H and O–H groups in total. The molecule has 0 spiro atoms. The summed E-state index contributed by atoms with van der Waals surface area (Å²) in [6.07, 6.45) is 3.77. The zero-order valence-corrected chi connectivity index (χ0v) is 15.1. The Balaban J connectivity index is 1.61. The molecule has 3 rings (SSSR count). The van der Waals surface area contributed by atoms with E-state index in [0.717, 1.165) is 43.0 Å². The third kappa shape index (κ3) is 4.04. The van der Waals surface area contributed by atoms with Gasteiger partial charge in [-0.05, 0) is 37.5 Å². The quantitative estimate of drug-likeness (QED) is 0.860. The number of hydrogen-bond acceptors (Lipinski definition) is 5. The summed E-state index contributed by atoms with van der Waals surface area (Å²) in [4.78, 5) is 37.1. The summed E-state index contributed by atoms with van der Waals surface area (Å²) in [7, 11) is 0. The zero-order valence-electron chi connectivity index (χ0n) is 14.3. The predicted octanol–water partition coefficient (Wildman–Crippen LogP) is 2.73. The van der Waals surface area contributed by atoms with Gasteiger partial charge in [0.15, 0.2) is 0 Å². The van der Waals surface area contributed by atoms with Crippen molar-refractivity contribution in [2.24, 2.45) is 11.7 Å². The summed E-state index contributed by atoms with van der Waals surface area (Å²) < 4.78 is 0. The highest BCUT2D eigenvalue weighted by atomic mass is 32.2. The second kappa shape index (κ2) is 7.17. The smallest absolute Gasteiger partial charge is 0.289 e. The Morgan fingerprint density at radius 3 is 2.64 bits per heavy atom. The average molecular weight is 361 g/mol. The topological polar surface area (TPSA) is 92.5 Å². The van der Waals surface area contributed by atoms with E-state index in [4.69, 9.17) is 5.73 Å². The van der Waals surface area contributed by atoms with E-state index >= 15 is 0 Å². The molecule has 1 aromatic rings. The summed E-state index contributed by atoms with van der Waals surface area (Å²) in [5.74, 6) is -0.171. The zero-order chi connectivity index (χ0) is 18.0. The first kappa shape index (κ1) is 17.9. The third-order valence-corrected chi connectivity index (χ3v) is 5.83. The summed E-state index contributed by atoms with van der Waals surface area (Å²) >= 11 is 1.03. The van der Waals surface area contributed by atoms with Gasteiger partial charge < -0.3 is 11.1 Å². The highest BCUT2D eigenvalue weighted by molar-refractivity contribution is 8.14. The van der Waals surface area contributed by atoms with E-state index in [1.165, 1.54) is 4.90 Å². The van der Waals surface area contributed by atoms with Gasteiger partial charge in [0, 0.05) is 11.2 Å². The lowest BCUT2D eigenvalue weighted by Crippen LogP contribution is -2.51. The molecule has 0 bridgehead atoms. The largest absolute Gasteiger partial charge is 0.326 e. The molecule has 7 heteroatoms. The van der Waals surface area contributed by atoms with E-state index in [2.05, 4.69) is 5.32 Å². The van der Waals surface area contributed by atoms with E-state index in [-0.39, 0.29) is 35.3 Å².